The van der Waals surface area contributed by atoms with Crippen LogP contribution < -0.4 is 0 Å². The quantitative estimate of drug-likeness (QED) is 0.685. The minimum atomic E-state index is 0.209. The van der Waals surface area contributed by atoms with E-state index >= 15 is 0 Å². The lowest BCUT2D eigenvalue weighted by Gasteiger charge is -2.49. The minimum Gasteiger partial charge on any atom is -0.342 e. The van der Waals surface area contributed by atoms with Crippen molar-refractivity contribution >= 4 is 5.91 Å². The van der Waals surface area contributed by atoms with Gasteiger partial charge >= 0.3 is 0 Å². The van der Waals surface area contributed by atoms with Crippen LogP contribution in [0.2, 0.25) is 0 Å². The second-order valence-electron chi connectivity index (χ2n) is 9.66. The van der Waals surface area contributed by atoms with Crippen molar-refractivity contribution in [3.8, 4) is 0 Å². The fourth-order valence-electron chi connectivity index (χ4n) is 5.72. The zero-order valence-corrected chi connectivity index (χ0v) is 18.6. The zero-order valence-electron chi connectivity index (χ0n) is 18.6. The Labute approximate surface area is 185 Å². The number of carbonyl (C=O) groups is 1. The summed E-state index contributed by atoms with van der Waals surface area (Å²) < 4.78 is 2.01. The van der Waals surface area contributed by atoms with Crippen LogP contribution in [-0.2, 0) is 24.4 Å². The summed E-state index contributed by atoms with van der Waals surface area (Å²) in [5, 5.41) is 8.82. The molecular weight excluding hydrogens is 388 g/mol. The largest absolute Gasteiger partial charge is 0.342 e. The van der Waals surface area contributed by atoms with Crippen LogP contribution in [0.3, 0.4) is 0 Å². The molecule has 4 aliphatic rings. The molecule has 4 fully saturated rings. The highest BCUT2D eigenvalue weighted by atomic mass is 16.2. The van der Waals surface area contributed by atoms with Gasteiger partial charge in [-0.3, -0.25) is 19.3 Å². The van der Waals surface area contributed by atoms with Gasteiger partial charge in [-0.1, -0.05) is 35.5 Å². The lowest BCUT2D eigenvalue weighted by Crippen LogP contribution is -2.58. The number of rotatable bonds is 7. The molecule has 0 saturated carbocycles. The van der Waals surface area contributed by atoms with Crippen LogP contribution in [0.4, 0.5) is 0 Å². The van der Waals surface area contributed by atoms with Crippen LogP contribution in [0.5, 0.6) is 0 Å². The summed E-state index contributed by atoms with van der Waals surface area (Å²) in [7, 11) is 2.12. The van der Waals surface area contributed by atoms with Crippen molar-refractivity contribution in [2.45, 2.75) is 51.4 Å². The third kappa shape index (κ3) is 4.67. The molecule has 7 heteroatoms. The average molecular weight is 423 g/mol. The first kappa shape index (κ1) is 20.6. The van der Waals surface area contributed by atoms with E-state index in [9.17, 15) is 4.79 Å². The number of carbonyl (C=O) groups excluding carboxylic acids is 1. The third-order valence-corrected chi connectivity index (χ3v) is 7.32. The van der Waals surface area contributed by atoms with Crippen molar-refractivity contribution in [2.75, 3.05) is 33.2 Å². The molecule has 0 radical (unpaired) electrons. The number of piperidine rings is 3. The van der Waals surface area contributed by atoms with Gasteiger partial charge < -0.3 is 4.90 Å². The number of benzene rings is 1. The predicted octanol–water partition coefficient (Wildman–Crippen LogP) is 2.24. The number of nitrogens with zero attached hydrogens (tertiary/aromatic N) is 6. The fraction of sp³-hybridized carbons (Fsp3) is 0.625. The molecule has 1 amide bonds. The summed E-state index contributed by atoms with van der Waals surface area (Å²) in [5.74, 6) is 1.15. The third-order valence-electron chi connectivity index (χ3n) is 7.32. The van der Waals surface area contributed by atoms with Gasteiger partial charge in [-0.15, -0.1) is 5.10 Å². The molecule has 2 aromatic rings. The molecular formula is C24H34N6O. The molecule has 2 bridgehead atoms. The van der Waals surface area contributed by atoms with Gasteiger partial charge in [0.1, 0.15) is 0 Å². The topological polar surface area (TPSA) is 57.5 Å². The van der Waals surface area contributed by atoms with E-state index in [1.54, 1.807) is 0 Å². The van der Waals surface area contributed by atoms with Crippen molar-refractivity contribution in [1.29, 1.82) is 0 Å². The van der Waals surface area contributed by atoms with E-state index < -0.39 is 0 Å². The van der Waals surface area contributed by atoms with Gasteiger partial charge in [0.15, 0.2) is 0 Å². The Kier molecular flexibility index (Phi) is 6.05. The second kappa shape index (κ2) is 9.09. The van der Waals surface area contributed by atoms with Gasteiger partial charge in [-0.2, -0.15) is 0 Å². The fourth-order valence-corrected chi connectivity index (χ4v) is 5.72. The summed E-state index contributed by atoms with van der Waals surface area (Å²) in [4.78, 5) is 19.9. The molecule has 31 heavy (non-hydrogen) atoms. The van der Waals surface area contributed by atoms with Gasteiger partial charge in [-0.25, -0.2) is 0 Å². The van der Waals surface area contributed by atoms with Crippen molar-refractivity contribution in [3.05, 3.63) is 47.8 Å². The maximum absolute atomic E-state index is 13.0. The molecule has 7 nitrogen and oxygen atoms in total. The van der Waals surface area contributed by atoms with Gasteiger partial charge in [0.25, 0.3) is 0 Å². The van der Waals surface area contributed by atoms with Crippen LogP contribution in [-0.4, -0.2) is 74.9 Å². The maximum Gasteiger partial charge on any atom is 0.227 e. The minimum absolute atomic E-state index is 0.209. The van der Waals surface area contributed by atoms with Crippen LogP contribution in [0.15, 0.2) is 36.5 Å². The monoisotopic (exact) mass is 422 g/mol. The number of hydrogen-bond acceptors (Lipinski definition) is 5. The van der Waals surface area contributed by atoms with Gasteiger partial charge in [0.2, 0.25) is 5.91 Å². The molecule has 4 atom stereocenters. The Morgan fingerprint density at radius 1 is 1.13 bits per heavy atom. The number of hydrogen-bond donors (Lipinski definition) is 0. The van der Waals surface area contributed by atoms with Gasteiger partial charge in [-0.05, 0) is 50.8 Å². The molecule has 4 aliphatic heterocycles. The Bertz CT molecular complexity index is 877. The number of amides is 1. The van der Waals surface area contributed by atoms with E-state index in [0.29, 0.717) is 17.9 Å². The first-order valence-corrected chi connectivity index (χ1v) is 11.8. The van der Waals surface area contributed by atoms with E-state index in [0.717, 1.165) is 64.3 Å². The molecule has 4 unspecified atom stereocenters. The highest BCUT2D eigenvalue weighted by Gasteiger charge is 2.44. The van der Waals surface area contributed by atoms with E-state index in [1.165, 1.54) is 18.4 Å². The summed E-state index contributed by atoms with van der Waals surface area (Å²) in [5.41, 5.74) is 2.32. The number of likely N-dealkylation sites (tertiary alicyclic amines) is 1. The Morgan fingerprint density at radius 2 is 1.94 bits per heavy atom. The molecule has 1 aromatic heterocycles. The molecule has 0 N–H and O–H groups in total. The van der Waals surface area contributed by atoms with Crippen LogP contribution in [0, 0.1) is 11.8 Å². The van der Waals surface area contributed by atoms with Gasteiger partial charge in [0.05, 0.1) is 18.2 Å². The van der Waals surface area contributed by atoms with E-state index in [4.69, 9.17) is 0 Å². The lowest BCUT2D eigenvalue weighted by atomic mass is 9.75. The molecule has 0 aliphatic carbocycles. The van der Waals surface area contributed by atoms with Crippen LogP contribution in [0.1, 0.15) is 36.9 Å². The molecule has 0 spiro atoms. The first-order valence-electron chi connectivity index (χ1n) is 11.8. The summed E-state index contributed by atoms with van der Waals surface area (Å²) in [6, 6.07) is 11.0. The standard InChI is InChI=1S/C24H34N6O/c1-27(14-19-7-3-2-4-8-19)15-21-16-30(26-25-21)17-22-13-20-9-12-29(22)18-23(20)24(31)28-10-5-6-11-28/h2-4,7-8,16,20,22-23H,5-6,9-15,17-18H2,1H3. The molecule has 166 valence electrons. The molecule has 1 aromatic carbocycles. The summed E-state index contributed by atoms with van der Waals surface area (Å²) in [6.07, 6.45) is 6.70. The second-order valence-corrected chi connectivity index (χ2v) is 9.66. The number of aromatic nitrogens is 3. The maximum atomic E-state index is 13.0. The number of fused-ring (bicyclic) bond motifs is 3. The van der Waals surface area contributed by atoms with Crippen molar-refractivity contribution in [1.82, 2.24) is 29.7 Å². The summed E-state index contributed by atoms with van der Waals surface area (Å²) in [6.45, 7) is 6.53. The smallest absolute Gasteiger partial charge is 0.227 e. The Hall–Kier alpha value is -2.25. The van der Waals surface area contributed by atoms with Crippen molar-refractivity contribution in [2.24, 2.45) is 11.8 Å². The van der Waals surface area contributed by atoms with Crippen molar-refractivity contribution < 1.29 is 4.79 Å². The highest BCUT2D eigenvalue weighted by Crippen LogP contribution is 2.38. The average Bonchev–Trinajstić information content (AvgIpc) is 3.47. The molecule has 5 heterocycles. The van der Waals surface area contributed by atoms with Crippen molar-refractivity contribution in [3.63, 3.8) is 0 Å². The first-order chi connectivity index (χ1) is 15.2. The molecule has 6 rings (SSSR count). The zero-order chi connectivity index (χ0) is 21.2. The SMILES string of the molecule is CN(Cc1ccccc1)Cc1cn(CC2CC3CCN2CC3C(=O)N2CCCC2)nn1. The van der Waals surface area contributed by atoms with E-state index in [2.05, 4.69) is 62.5 Å². The van der Waals surface area contributed by atoms with Crippen LogP contribution in [0.25, 0.3) is 0 Å². The van der Waals surface area contributed by atoms with Gasteiger partial charge in [0, 0.05) is 45.0 Å². The highest BCUT2D eigenvalue weighted by molar-refractivity contribution is 5.80. The normalized spacial score (nSPS) is 27.9. The van der Waals surface area contributed by atoms with E-state index in [1.807, 2.05) is 10.7 Å². The van der Waals surface area contributed by atoms with E-state index in [-0.39, 0.29) is 5.92 Å². The lowest BCUT2D eigenvalue weighted by molar-refractivity contribution is -0.142. The molecule has 4 saturated heterocycles. The van der Waals surface area contributed by atoms with Crippen LogP contribution >= 0.6 is 0 Å². The Balaban J connectivity index is 1.15. The Morgan fingerprint density at radius 3 is 2.68 bits per heavy atom. The summed E-state index contributed by atoms with van der Waals surface area (Å²) >= 11 is 0. The predicted molar refractivity (Wildman–Crippen MR) is 119 cm³/mol.